The van der Waals surface area contributed by atoms with Crippen molar-refractivity contribution in [1.29, 1.82) is 0 Å². The van der Waals surface area contributed by atoms with Crippen molar-refractivity contribution in [2.45, 2.75) is 13.8 Å². The third kappa shape index (κ3) is 3.60. The third-order valence-corrected chi connectivity index (χ3v) is 2.97. The Morgan fingerprint density at radius 1 is 1.00 bits per heavy atom. The Labute approximate surface area is 123 Å². The fourth-order valence-electron chi connectivity index (χ4n) is 1.88. The number of anilines is 3. The normalized spacial score (nSPS) is 10.0. The molecule has 0 saturated heterocycles. The van der Waals surface area contributed by atoms with E-state index in [0.717, 1.165) is 10.5 Å². The van der Waals surface area contributed by atoms with Gasteiger partial charge in [0.25, 0.3) is 0 Å². The van der Waals surface area contributed by atoms with Crippen LogP contribution in [0, 0.1) is 6.92 Å². The average molecular weight is 283 g/mol. The Bertz CT molecular complexity index is 648. The summed E-state index contributed by atoms with van der Waals surface area (Å²) in [5, 5.41) is 2.70. The number of hydrogen-bond donors (Lipinski definition) is 2. The number of carbonyl (C=O) groups is 2. The molecule has 2 rings (SSSR count). The van der Waals surface area contributed by atoms with Gasteiger partial charge in [-0.15, -0.1) is 0 Å². The summed E-state index contributed by atoms with van der Waals surface area (Å²) in [5.74, 6) is -0.371. The molecule has 5 heteroatoms. The van der Waals surface area contributed by atoms with Gasteiger partial charge in [0.1, 0.15) is 0 Å². The number of nitrogen functional groups attached to an aromatic ring is 1. The zero-order valence-electron chi connectivity index (χ0n) is 12.0. The molecule has 108 valence electrons. The molecule has 0 atom stereocenters. The number of nitrogens with two attached hydrogens (primary N) is 1. The van der Waals surface area contributed by atoms with Crippen LogP contribution in [0.2, 0.25) is 0 Å². The van der Waals surface area contributed by atoms with Crippen LogP contribution in [-0.2, 0) is 4.79 Å². The zero-order valence-corrected chi connectivity index (χ0v) is 12.0. The summed E-state index contributed by atoms with van der Waals surface area (Å²) in [6, 6.07) is 13.4. The first-order valence-electron chi connectivity index (χ1n) is 6.51. The summed E-state index contributed by atoms with van der Waals surface area (Å²) >= 11 is 0. The molecule has 2 aromatic carbocycles. The van der Waals surface area contributed by atoms with E-state index in [-0.39, 0.29) is 5.91 Å². The maximum Gasteiger partial charge on any atom is 0.333 e. The molecule has 5 nitrogen and oxygen atoms in total. The van der Waals surface area contributed by atoms with Crippen molar-refractivity contribution in [3.8, 4) is 0 Å². The van der Waals surface area contributed by atoms with Gasteiger partial charge in [0.15, 0.2) is 0 Å². The molecule has 0 spiro atoms. The Balaban J connectivity index is 2.22. The largest absolute Gasteiger partial charge is 0.399 e. The molecule has 0 aliphatic carbocycles. The fourth-order valence-corrected chi connectivity index (χ4v) is 1.88. The highest BCUT2D eigenvalue weighted by Gasteiger charge is 2.20. The molecule has 0 saturated carbocycles. The van der Waals surface area contributed by atoms with Gasteiger partial charge in [-0.3, -0.25) is 4.79 Å². The number of aryl methyl sites for hydroxylation is 1. The van der Waals surface area contributed by atoms with E-state index < -0.39 is 6.03 Å². The number of imide groups is 1. The zero-order chi connectivity index (χ0) is 15.4. The minimum absolute atomic E-state index is 0.371. The van der Waals surface area contributed by atoms with Crippen molar-refractivity contribution >= 4 is 29.0 Å². The van der Waals surface area contributed by atoms with E-state index in [4.69, 9.17) is 5.73 Å². The maximum atomic E-state index is 12.3. The maximum absolute atomic E-state index is 12.3. The molecule has 3 amide bonds. The fraction of sp³-hybridized carbons (Fsp3) is 0.125. The number of benzene rings is 2. The highest BCUT2D eigenvalue weighted by molar-refractivity contribution is 6.17. The molecule has 3 N–H and O–H groups in total. The van der Waals surface area contributed by atoms with Gasteiger partial charge in [-0.2, -0.15) is 0 Å². The summed E-state index contributed by atoms with van der Waals surface area (Å²) in [7, 11) is 0. The topological polar surface area (TPSA) is 75.4 Å². The second-order valence-electron chi connectivity index (χ2n) is 4.74. The first-order chi connectivity index (χ1) is 9.97. The predicted molar refractivity (Wildman–Crippen MR) is 84.2 cm³/mol. The van der Waals surface area contributed by atoms with Crippen LogP contribution in [0.1, 0.15) is 12.5 Å². The van der Waals surface area contributed by atoms with Crippen molar-refractivity contribution in [3.05, 3.63) is 54.1 Å². The first kappa shape index (κ1) is 14.6. The van der Waals surface area contributed by atoms with Crippen LogP contribution in [0.3, 0.4) is 0 Å². The Morgan fingerprint density at radius 2 is 1.57 bits per heavy atom. The molecule has 0 fully saturated rings. The molecular weight excluding hydrogens is 266 g/mol. The van der Waals surface area contributed by atoms with Gasteiger partial charge in [0.2, 0.25) is 5.91 Å². The lowest BCUT2D eigenvalue weighted by Crippen LogP contribution is -2.38. The number of nitrogens with one attached hydrogen (secondary N) is 1. The van der Waals surface area contributed by atoms with Gasteiger partial charge >= 0.3 is 6.03 Å². The number of hydrogen-bond acceptors (Lipinski definition) is 3. The molecule has 2 aromatic rings. The molecular formula is C16H17N3O2. The average Bonchev–Trinajstić information content (AvgIpc) is 2.43. The number of urea groups is 1. The number of carbonyl (C=O) groups excluding carboxylic acids is 2. The SMILES string of the molecule is CC(=O)N(C(=O)Nc1ccc(C)cc1)c1ccc(N)cc1. The summed E-state index contributed by atoms with van der Waals surface area (Å²) in [5.41, 5.74) is 8.38. The Morgan fingerprint density at radius 3 is 2.10 bits per heavy atom. The van der Waals surface area contributed by atoms with Gasteiger partial charge in [-0.1, -0.05) is 17.7 Å². The van der Waals surface area contributed by atoms with Crippen LogP contribution >= 0.6 is 0 Å². The molecule has 0 aliphatic heterocycles. The van der Waals surface area contributed by atoms with Gasteiger partial charge in [0.05, 0.1) is 5.69 Å². The summed E-state index contributed by atoms with van der Waals surface area (Å²) in [4.78, 5) is 25.1. The van der Waals surface area contributed by atoms with E-state index in [1.54, 1.807) is 36.4 Å². The lowest BCUT2D eigenvalue weighted by molar-refractivity contribution is -0.115. The minimum atomic E-state index is -0.504. The quantitative estimate of drug-likeness (QED) is 0.831. The smallest absolute Gasteiger partial charge is 0.333 e. The highest BCUT2D eigenvalue weighted by Crippen LogP contribution is 2.18. The van der Waals surface area contributed by atoms with Crippen molar-refractivity contribution in [2.75, 3.05) is 16.0 Å². The standard InChI is InChI=1S/C16H17N3O2/c1-11-3-7-14(8-4-11)18-16(21)19(12(2)20)15-9-5-13(17)6-10-15/h3-10H,17H2,1-2H3,(H,18,21). The van der Waals surface area contributed by atoms with Crippen LogP contribution < -0.4 is 16.0 Å². The van der Waals surface area contributed by atoms with E-state index in [9.17, 15) is 9.59 Å². The van der Waals surface area contributed by atoms with Crippen LogP contribution in [0.5, 0.6) is 0 Å². The molecule has 0 aliphatic rings. The molecule has 0 heterocycles. The summed E-state index contributed by atoms with van der Waals surface area (Å²) in [6.07, 6.45) is 0. The first-order valence-corrected chi connectivity index (χ1v) is 6.51. The van der Waals surface area contributed by atoms with Crippen LogP contribution in [0.15, 0.2) is 48.5 Å². The second-order valence-corrected chi connectivity index (χ2v) is 4.74. The van der Waals surface area contributed by atoms with E-state index in [0.29, 0.717) is 17.1 Å². The summed E-state index contributed by atoms with van der Waals surface area (Å²) < 4.78 is 0. The van der Waals surface area contributed by atoms with E-state index >= 15 is 0 Å². The van der Waals surface area contributed by atoms with Gasteiger partial charge < -0.3 is 11.1 Å². The third-order valence-electron chi connectivity index (χ3n) is 2.97. The summed E-state index contributed by atoms with van der Waals surface area (Å²) in [6.45, 7) is 3.30. The highest BCUT2D eigenvalue weighted by atomic mass is 16.2. The Hall–Kier alpha value is -2.82. The lowest BCUT2D eigenvalue weighted by Gasteiger charge is -2.20. The van der Waals surface area contributed by atoms with Crippen molar-refractivity contribution in [2.24, 2.45) is 0 Å². The van der Waals surface area contributed by atoms with Gasteiger partial charge in [-0.05, 0) is 43.3 Å². The molecule has 0 bridgehead atoms. The number of amides is 3. The number of nitrogens with zero attached hydrogens (tertiary/aromatic N) is 1. The van der Waals surface area contributed by atoms with E-state index in [1.807, 2.05) is 19.1 Å². The van der Waals surface area contributed by atoms with Crippen molar-refractivity contribution < 1.29 is 9.59 Å². The molecule has 21 heavy (non-hydrogen) atoms. The van der Waals surface area contributed by atoms with Crippen molar-refractivity contribution in [3.63, 3.8) is 0 Å². The monoisotopic (exact) mass is 283 g/mol. The molecule has 0 aromatic heterocycles. The lowest BCUT2D eigenvalue weighted by atomic mass is 10.2. The van der Waals surface area contributed by atoms with E-state index in [1.165, 1.54) is 6.92 Å². The number of rotatable bonds is 2. The van der Waals surface area contributed by atoms with Crippen LogP contribution in [-0.4, -0.2) is 11.9 Å². The molecule has 0 unspecified atom stereocenters. The van der Waals surface area contributed by atoms with E-state index in [2.05, 4.69) is 5.32 Å². The van der Waals surface area contributed by atoms with Gasteiger partial charge in [0, 0.05) is 18.3 Å². The van der Waals surface area contributed by atoms with Crippen LogP contribution in [0.25, 0.3) is 0 Å². The predicted octanol–water partition coefficient (Wildman–Crippen LogP) is 3.16. The van der Waals surface area contributed by atoms with Crippen molar-refractivity contribution in [1.82, 2.24) is 0 Å². The Kier molecular flexibility index (Phi) is 4.23. The van der Waals surface area contributed by atoms with Gasteiger partial charge in [-0.25, -0.2) is 9.69 Å². The minimum Gasteiger partial charge on any atom is -0.399 e. The second kappa shape index (κ2) is 6.09. The molecule has 0 radical (unpaired) electrons. The van der Waals surface area contributed by atoms with Crippen LogP contribution in [0.4, 0.5) is 21.9 Å².